The van der Waals surface area contributed by atoms with E-state index >= 15 is 0 Å². The second-order valence-corrected chi connectivity index (χ2v) is 4.61. The molecule has 15 heavy (non-hydrogen) atoms. The Morgan fingerprint density at radius 2 is 2.00 bits per heavy atom. The van der Waals surface area contributed by atoms with Crippen LogP contribution in [0.4, 0.5) is 0 Å². The molecule has 1 aromatic carbocycles. The number of carbonyl (C=O) groups is 1. The average Bonchev–Trinajstić information content (AvgIpc) is 2.22. The molecular formula is C11H14ClNOS. The third-order valence-corrected chi connectivity index (χ3v) is 2.81. The zero-order valence-electron chi connectivity index (χ0n) is 8.87. The highest BCUT2D eigenvalue weighted by Crippen LogP contribution is 2.11. The van der Waals surface area contributed by atoms with Gasteiger partial charge in [-0.25, -0.2) is 0 Å². The lowest BCUT2D eigenvalue weighted by Crippen LogP contribution is -2.27. The molecule has 0 N–H and O–H groups in total. The van der Waals surface area contributed by atoms with Gasteiger partial charge in [-0.15, -0.1) is 0 Å². The molecule has 1 rings (SSSR count). The second kappa shape index (κ2) is 6.03. The quantitative estimate of drug-likeness (QED) is 0.811. The van der Waals surface area contributed by atoms with Crippen molar-refractivity contribution in [2.24, 2.45) is 0 Å². The van der Waals surface area contributed by atoms with Gasteiger partial charge in [0.05, 0.1) is 5.75 Å². The minimum absolute atomic E-state index is 0.150. The molecule has 0 aliphatic heterocycles. The lowest BCUT2D eigenvalue weighted by Gasteiger charge is -2.16. The number of rotatable bonds is 4. The molecule has 2 nitrogen and oxygen atoms in total. The van der Waals surface area contributed by atoms with Crippen molar-refractivity contribution in [1.29, 1.82) is 0 Å². The molecule has 0 saturated heterocycles. The summed E-state index contributed by atoms with van der Waals surface area (Å²) in [5.74, 6) is 0.682. The summed E-state index contributed by atoms with van der Waals surface area (Å²) in [6.07, 6.45) is 1.92. The SMILES string of the molecule is CSCC(=O)N(C)Cc1ccc(Cl)cc1. The summed E-state index contributed by atoms with van der Waals surface area (Å²) >= 11 is 7.32. The summed E-state index contributed by atoms with van der Waals surface area (Å²) in [6.45, 7) is 0.635. The summed E-state index contributed by atoms with van der Waals surface area (Å²) in [4.78, 5) is 13.2. The minimum atomic E-state index is 0.150. The fraction of sp³-hybridized carbons (Fsp3) is 0.364. The summed E-state index contributed by atoms with van der Waals surface area (Å²) < 4.78 is 0. The van der Waals surface area contributed by atoms with Crippen LogP contribution in [0.5, 0.6) is 0 Å². The fourth-order valence-electron chi connectivity index (χ4n) is 1.19. The zero-order valence-corrected chi connectivity index (χ0v) is 10.4. The Balaban J connectivity index is 2.54. The number of hydrogen-bond donors (Lipinski definition) is 0. The van der Waals surface area contributed by atoms with Crippen molar-refractivity contribution in [1.82, 2.24) is 4.90 Å². The fourth-order valence-corrected chi connectivity index (χ4v) is 1.78. The van der Waals surface area contributed by atoms with Crippen LogP contribution >= 0.6 is 23.4 Å². The van der Waals surface area contributed by atoms with Crippen LogP contribution in [0.1, 0.15) is 5.56 Å². The van der Waals surface area contributed by atoms with E-state index in [9.17, 15) is 4.79 Å². The van der Waals surface area contributed by atoms with Crippen LogP contribution in [0.3, 0.4) is 0 Å². The third-order valence-electron chi connectivity index (χ3n) is 2.03. The second-order valence-electron chi connectivity index (χ2n) is 3.31. The molecule has 1 amide bonds. The normalized spacial score (nSPS) is 10.1. The zero-order chi connectivity index (χ0) is 11.3. The predicted octanol–water partition coefficient (Wildman–Crippen LogP) is 2.66. The standard InChI is InChI=1S/C11H14ClNOS/c1-13(11(14)8-15-2)7-9-3-5-10(12)6-4-9/h3-6H,7-8H2,1-2H3. The highest BCUT2D eigenvalue weighted by atomic mass is 35.5. The maximum atomic E-state index is 11.5. The van der Waals surface area contributed by atoms with Gasteiger partial charge in [0.1, 0.15) is 0 Å². The Kier molecular flexibility index (Phi) is 4.99. The van der Waals surface area contributed by atoms with Crippen molar-refractivity contribution in [2.45, 2.75) is 6.54 Å². The summed E-state index contributed by atoms with van der Waals surface area (Å²) in [5.41, 5.74) is 1.09. The van der Waals surface area contributed by atoms with Crippen LogP contribution in [-0.4, -0.2) is 29.9 Å². The van der Waals surface area contributed by atoms with E-state index in [2.05, 4.69) is 0 Å². The molecule has 0 spiro atoms. The van der Waals surface area contributed by atoms with E-state index in [0.29, 0.717) is 12.3 Å². The van der Waals surface area contributed by atoms with E-state index in [0.717, 1.165) is 10.6 Å². The maximum Gasteiger partial charge on any atom is 0.232 e. The Morgan fingerprint density at radius 1 is 1.40 bits per heavy atom. The third kappa shape index (κ3) is 4.14. The van der Waals surface area contributed by atoms with Crippen molar-refractivity contribution >= 4 is 29.3 Å². The number of amides is 1. The van der Waals surface area contributed by atoms with Gasteiger partial charge in [0.2, 0.25) is 5.91 Å². The Bertz CT molecular complexity index is 326. The summed E-state index contributed by atoms with van der Waals surface area (Å²) in [7, 11) is 1.81. The molecule has 0 aromatic heterocycles. The Morgan fingerprint density at radius 3 is 2.53 bits per heavy atom. The van der Waals surface area contributed by atoms with Gasteiger partial charge in [-0.05, 0) is 24.0 Å². The minimum Gasteiger partial charge on any atom is -0.341 e. The molecule has 0 heterocycles. The monoisotopic (exact) mass is 243 g/mol. The molecule has 0 saturated carbocycles. The molecule has 82 valence electrons. The largest absolute Gasteiger partial charge is 0.341 e. The van der Waals surface area contributed by atoms with Crippen molar-refractivity contribution in [3.63, 3.8) is 0 Å². The number of nitrogens with zero attached hydrogens (tertiary/aromatic N) is 1. The van der Waals surface area contributed by atoms with Crippen molar-refractivity contribution in [2.75, 3.05) is 19.1 Å². The predicted molar refractivity (Wildman–Crippen MR) is 66.3 cm³/mol. The molecule has 0 fully saturated rings. The van der Waals surface area contributed by atoms with E-state index < -0.39 is 0 Å². The molecule has 1 aromatic rings. The number of carbonyl (C=O) groups excluding carboxylic acids is 1. The molecule has 0 unspecified atom stereocenters. The smallest absolute Gasteiger partial charge is 0.232 e. The first-order chi connectivity index (χ1) is 7.13. The number of hydrogen-bond acceptors (Lipinski definition) is 2. The van der Waals surface area contributed by atoms with E-state index in [1.807, 2.05) is 37.6 Å². The number of thioether (sulfide) groups is 1. The molecular weight excluding hydrogens is 230 g/mol. The van der Waals surface area contributed by atoms with E-state index in [-0.39, 0.29) is 5.91 Å². The number of benzene rings is 1. The van der Waals surface area contributed by atoms with Crippen molar-refractivity contribution in [3.8, 4) is 0 Å². The van der Waals surface area contributed by atoms with Gasteiger partial charge >= 0.3 is 0 Å². The summed E-state index contributed by atoms with van der Waals surface area (Å²) in [6, 6.07) is 7.55. The van der Waals surface area contributed by atoms with Crippen LogP contribution in [0.15, 0.2) is 24.3 Å². The van der Waals surface area contributed by atoms with Gasteiger partial charge in [-0.1, -0.05) is 23.7 Å². The number of halogens is 1. The molecule has 0 radical (unpaired) electrons. The van der Waals surface area contributed by atoms with Crippen LogP contribution in [0.25, 0.3) is 0 Å². The lowest BCUT2D eigenvalue weighted by atomic mass is 10.2. The van der Waals surface area contributed by atoms with Crippen LogP contribution in [0, 0.1) is 0 Å². The Labute approximate surface area is 99.6 Å². The van der Waals surface area contributed by atoms with Gasteiger partial charge in [-0.3, -0.25) is 4.79 Å². The Hall–Kier alpha value is -0.670. The van der Waals surface area contributed by atoms with Gasteiger partial charge in [0.25, 0.3) is 0 Å². The topological polar surface area (TPSA) is 20.3 Å². The summed E-state index contributed by atoms with van der Waals surface area (Å²) in [5, 5.41) is 0.719. The molecule has 0 aliphatic rings. The molecule has 4 heteroatoms. The van der Waals surface area contributed by atoms with E-state index in [1.165, 1.54) is 11.8 Å². The highest BCUT2D eigenvalue weighted by molar-refractivity contribution is 7.99. The first-order valence-corrected chi connectivity index (χ1v) is 6.38. The lowest BCUT2D eigenvalue weighted by molar-refractivity contribution is -0.127. The van der Waals surface area contributed by atoms with Crippen molar-refractivity contribution < 1.29 is 4.79 Å². The van der Waals surface area contributed by atoms with Crippen LogP contribution < -0.4 is 0 Å². The van der Waals surface area contributed by atoms with Gasteiger partial charge < -0.3 is 4.90 Å². The van der Waals surface area contributed by atoms with E-state index in [4.69, 9.17) is 11.6 Å². The van der Waals surface area contributed by atoms with Crippen LogP contribution in [0.2, 0.25) is 5.02 Å². The first-order valence-electron chi connectivity index (χ1n) is 4.61. The molecule has 0 aliphatic carbocycles. The van der Waals surface area contributed by atoms with Gasteiger partial charge in [-0.2, -0.15) is 11.8 Å². The van der Waals surface area contributed by atoms with Gasteiger partial charge in [0, 0.05) is 18.6 Å². The van der Waals surface area contributed by atoms with Crippen LogP contribution in [-0.2, 0) is 11.3 Å². The van der Waals surface area contributed by atoms with E-state index in [1.54, 1.807) is 4.90 Å². The molecule has 0 bridgehead atoms. The average molecular weight is 244 g/mol. The van der Waals surface area contributed by atoms with Crippen molar-refractivity contribution in [3.05, 3.63) is 34.9 Å². The van der Waals surface area contributed by atoms with Gasteiger partial charge in [0.15, 0.2) is 0 Å². The maximum absolute atomic E-state index is 11.5. The first kappa shape index (κ1) is 12.4. The highest BCUT2D eigenvalue weighted by Gasteiger charge is 2.07. The molecule has 0 atom stereocenters.